The van der Waals surface area contributed by atoms with E-state index in [0.717, 1.165) is 46.8 Å². The van der Waals surface area contributed by atoms with Crippen LogP contribution >= 0.6 is 23.7 Å². The van der Waals surface area contributed by atoms with Gasteiger partial charge in [-0.1, -0.05) is 12.1 Å². The average Bonchev–Trinajstić information content (AvgIpc) is 3.24. The Kier molecular flexibility index (Phi) is 5.19. The Hall–Kier alpha value is -1.43. The molecule has 2 N–H and O–H groups in total. The molecule has 1 aromatic heterocycles. The summed E-state index contributed by atoms with van der Waals surface area (Å²) in [7, 11) is 0. The minimum atomic E-state index is -0.246. The van der Waals surface area contributed by atoms with Gasteiger partial charge in [-0.15, -0.1) is 23.7 Å². The van der Waals surface area contributed by atoms with Crippen molar-refractivity contribution in [2.75, 3.05) is 13.1 Å². The molecule has 0 spiro atoms. The number of aryl methyl sites for hydroxylation is 1. The molecular weight excluding hydrogens is 359 g/mol. The highest BCUT2D eigenvalue weighted by molar-refractivity contribution is 7.17. The number of nitrogens with two attached hydrogens (primary N) is 1. The zero-order chi connectivity index (χ0) is 16.8. The van der Waals surface area contributed by atoms with E-state index in [0.29, 0.717) is 11.8 Å². The van der Waals surface area contributed by atoms with Crippen molar-refractivity contribution >= 4 is 29.7 Å². The molecule has 0 bridgehead atoms. The van der Waals surface area contributed by atoms with Crippen LogP contribution in [0.1, 0.15) is 28.1 Å². The predicted octanol–water partition coefficient (Wildman–Crippen LogP) is 4.09. The molecule has 1 saturated heterocycles. The zero-order valence-corrected chi connectivity index (χ0v) is 15.7. The highest BCUT2D eigenvalue weighted by Crippen LogP contribution is 2.39. The number of likely N-dealkylation sites (tertiary alicyclic amines) is 1. The molecule has 3 nitrogen and oxygen atoms in total. The Labute approximate surface area is 157 Å². The third kappa shape index (κ3) is 3.33. The number of thiophene rings is 1. The van der Waals surface area contributed by atoms with Gasteiger partial charge in [-0.3, -0.25) is 4.79 Å². The Morgan fingerprint density at radius 1 is 1.24 bits per heavy atom. The number of hydrogen-bond acceptors (Lipinski definition) is 3. The summed E-state index contributed by atoms with van der Waals surface area (Å²) >= 11 is 1.50. The first-order valence-electron chi connectivity index (χ1n) is 8.44. The van der Waals surface area contributed by atoms with Gasteiger partial charge in [0.25, 0.3) is 5.91 Å². The van der Waals surface area contributed by atoms with Gasteiger partial charge >= 0.3 is 0 Å². The van der Waals surface area contributed by atoms with Gasteiger partial charge in [0.15, 0.2) is 0 Å². The van der Waals surface area contributed by atoms with Crippen LogP contribution in [-0.2, 0) is 0 Å². The van der Waals surface area contributed by atoms with Gasteiger partial charge in [0, 0.05) is 24.0 Å². The van der Waals surface area contributed by atoms with E-state index < -0.39 is 0 Å². The first-order valence-corrected chi connectivity index (χ1v) is 9.26. The van der Waals surface area contributed by atoms with Crippen molar-refractivity contribution in [1.82, 2.24) is 4.90 Å². The lowest BCUT2D eigenvalue weighted by atomic mass is 9.98. The van der Waals surface area contributed by atoms with E-state index in [4.69, 9.17) is 5.73 Å². The van der Waals surface area contributed by atoms with Crippen molar-refractivity contribution in [2.24, 2.45) is 17.6 Å². The lowest BCUT2D eigenvalue weighted by Crippen LogP contribution is -2.33. The summed E-state index contributed by atoms with van der Waals surface area (Å²) in [5.74, 6) is 0.899. The van der Waals surface area contributed by atoms with Crippen molar-refractivity contribution in [1.29, 1.82) is 0 Å². The molecule has 1 amide bonds. The molecule has 2 aromatic rings. The molecule has 1 aliphatic heterocycles. The van der Waals surface area contributed by atoms with Gasteiger partial charge < -0.3 is 10.6 Å². The second-order valence-corrected chi connectivity index (χ2v) is 8.06. The predicted molar refractivity (Wildman–Crippen MR) is 102 cm³/mol. The Morgan fingerprint density at radius 3 is 2.64 bits per heavy atom. The van der Waals surface area contributed by atoms with Crippen molar-refractivity contribution in [3.05, 3.63) is 46.6 Å². The largest absolute Gasteiger partial charge is 0.337 e. The molecule has 3 atom stereocenters. The summed E-state index contributed by atoms with van der Waals surface area (Å²) in [5.41, 5.74) is 8.19. The molecule has 2 aliphatic rings. The summed E-state index contributed by atoms with van der Waals surface area (Å²) in [5, 5.41) is 0. The van der Waals surface area contributed by atoms with Crippen LogP contribution in [0.3, 0.4) is 0 Å². The quantitative estimate of drug-likeness (QED) is 0.852. The second-order valence-electron chi connectivity index (χ2n) is 7.00. The third-order valence-corrected chi connectivity index (χ3v) is 6.71. The number of halogens is 2. The maximum atomic E-state index is 13.1. The van der Waals surface area contributed by atoms with E-state index in [9.17, 15) is 9.18 Å². The van der Waals surface area contributed by atoms with Crippen molar-refractivity contribution < 1.29 is 9.18 Å². The number of hydrogen-bond donors (Lipinski definition) is 1. The molecule has 2 fully saturated rings. The summed E-state index contributed by atoms with van der Waals surface area (Å²) in [6.45, 7) is 3.62. The first kappa shape index (κ1) is 18.4. The van der Waals surface area contributed by atoms with Crippen LogP contribution in [0.15, 0.2) is 30.3 Å². The standard InChI is InChI=1S/C19H21FN2OS.ClH/c1-11-8-17(24-18(11)12-2-5-14(20)6-3-12)19(23)22-9-13-4-7-16(21)15(13)10-22;/h2-3,5-6,8,13,15-16H,4,7,9-10,21H2,1H3;1H. The van der Waals surface area contributed by atoms with Crippen molar-refractivity contribution in [2.45, 2.75) is 25.8 Å². The SMILES string of the molecule is Cc1cc(C(=O)N2CC3CCC(N)C3C2)sc1-c1ccc(F)cc1.Cl. The fourth-order valence-electron chi connectivity index (χ4n) is 4.10. The van der Waals surface area contributed by atoms with Crippen LogP contribution in [0.25, 0.3) is 10.4 Å². The molecule has 134 valence electrons. The van der Waals surface area contributed by atoms with Crippen LogP contribution in [0.4, 0.5) is 4.39 Å². The molecular formula is C19H22ClFN2OS. The number of carbonyl (C=O) groups is 1. The fourth-order valence-corrected chi connectivity index (χ4v) is 5.25. The van der Waals surface area contributed by atoms with E-state index >= 15 is 0 Å². The summed E-state index contributed by atoms with van der Waals surface area (Å²) in [6, 6.07) is 8.65. The Balaban J connectivity index is 0.00000182. The van der Waals surface area contributed by atoms with Crippen LogP contribution in [0, 0.1) is 24.6 Å². The van der Waals surface area contributed by atoms with Gasteiger partial charge in [0.2, 0.25) is 0 Å². The van der Waals surface area contributed by atoms with Crippen LogP contribution in [0.5, 0.6) is 0 Å². The van der Waals surface area contributed by atoms with Gasteiger partial charge in [0.05, 0.1) is 4.88 Å². The van der Waals surface area contributed by atoms with E-state index in [1.54, 1.807) is 12.1 Å². The molecule has 1 saturated carbocycles. The lowest BCUT2D eigenvalue weighted by Gasteiger charge is -2.17. The minimum Gasteiger partial charge on any atom is -0.337 e. The van der Waals surface area contributed by atoms with Crippen LogP contribution in [0.2, 0.25) is 0 Å². The molecule has 4 rings (SSSR count). The van der Waals surface area contributed by atoms with E-state index in [1.807, 2.05) is 17.9 Å². The van der Waals surface area contributed by atoms with Crippen molar-refractivity contribution in [3.63, 3.8) is 0 Å². The third-order valence-electron chi connectivity index (χ3n) is 5.43. The average molecular weight is 381 g/mol. The molecule has 0 radical (unpaired) electrons. The lowest BCUT2D eigenvalue weighted by molar-refractivity contribution is 0.0784. The summed E-state index contributed by atoms with van der Waals surface area (Å²) < 4.78 is 13.1. The maximum Gasteiger partial charge on any atom is 0.263 e. The maximum absolute atomic E-state index is 13.1. The van der Waals surface area contributed by atoms with E-state index in [1.165, 1.54) is 23.5 Å². The van der Waals surface area contributed by atoms with Crippen molar-refractivity contribution in [3.8, 4) is 10.4 Å². The highest BCUT2D eigenvalue weighted by atomic mass is 35.5. The molecule has 3 unspecified atom stereocenters. The van der Waals surface area contributed by atoms with Gasteiger partial charge in [-0.05, 0) is 60.9 Å². The number of benzene rings is 1. The summed E-state index contributed by atoms with van der Waals surface area (Å²) in [4.78, 5) is 16.6. The van der Waals surface area contributed by atoms with Crippen LogP contribution in [-0.4, -0.2) is 29.9 Å². The fraction of sp³-hybridized carbons (Fsp3) is 0.421. The van der Waals surface area contributed by atoms with Gasteiger partial charge in [0.1, 0.15) is 5.82 Å². The Bertz CT molecular complexity index is 776. The number of fused-ring (bicyclic) bond motifs is 1. The van der Waals surface area contributed by atoms with Crippen LogP contribution < -0.4 is 5.73 Å². The number of rotatable bonds is 2. The molecule has 1 aromatic carbocycles. The number of amides is 1. The normalized spacial score (nSPS) is 24.9. The molecule has 25 heavy (non-hydrogen) atoms. The summed E-state index contributed by atoms with van der Waals surface area (Å²) in [6.07, 6.45) is 2.23. The highest BCUT2D eigenvalue weighted by Gasteiger charge is 2.42. The molecule has 1 aliphatic carbocycles. The topological polar surface area (TPSA) is 46.3 Å². The Morgan fingerprint density at radius 2 is 1.96 bits per heavy atom. The molecule has 6 heteroatoms. The monoisotopic (exact) mass is 380 g/mol. The van der Waals surface area contributed by atoms with E-state index in [-0.39, 0.29) is 30.2 Å². The second kappa shape index (κ2) is 7.06. The smallest absolute Gasteiger partial charge is 0.263 e. The first-order chi connectivity index (χ1) is 11.5. The number of nitrogens with zero attached hydrogens (tertiary/aromatic N) is 1. The van der Waals surface area contributed by atoms with Gasteiger partial charge in [-0.2, -0.15) is 0 Å². The number of carbonyl (C=O) groups excluding carboxylic acids is 1. The van der Waals surface area contributed by atoms with Gasteiger partial charge in [-0.25, -0.2) is 4.39 Å². The minimum absolute atomic E-state index is 0. The molecule has 2 heterocycles. The van der Waals surface area contributed by atoms with E-state index in [2.05, 4.69) is 0 Å². The zero-order valence-electron chi connectivity index (χ0n) is 14.1.